The topological polar surface area (TPSA) is 75.6 Å². The molecule has 0 saturated heterocycles. The molecule has 5 nitrogen and oxygen atoms in total. The number of amides is 1. The molecule has 118 valence electrons. The lowest BCUT2D eigenvalue weighted by molar-refractivity contribution is -0.147. The zero-order valence-corrected chi connectivity index (χ0v) is 13.2. The number of fused-ring (bicyclic) bond motifs is 1. The van der Waals surface area contributed by atoms with Gasteiger partial charge < -0.3 is 15.2 Å². The standard InChI is InChI=1S/C16H18ClNO4/c1-16(2,15(20)21)5-6-18-14(19)11-7-10-8-12(17)3-4-13(10)22-9-11/h3-4,7-8H,5-6,9H2,1-2H3,(H,18,19)(H,20,21). The molecule has 0 spiro atoms. The van der Waals surface area contributed by atoms with Crippen molar-refractivity contribution in [1.29, 1.82) is 0 Å². The number of carboxylic acids is 1. The number of carbonyl (C=O) groups excluding carboxylic acids is 1. The molecule has 6 heteroatoms. The molecule has 1 aliphatic rings. The van der Waals surface area contributed by atoms with Gasteiger partial charge in [-0.3, -0.25) is 9.59 Å². The van der Waals surface area contributed by atoms with Crippen LogP contribution in [0.25, 0.3) is 6.08 Å². The van der Waals surface area contributed by atoms with Crippen molar-refractivity contribution in [3.8, 4) is 5.75 Å². The minimum Gasteiger partial charge on any atom is -0.488 e. The summed E-state index contributed by atoms with van der Waals surface area (Å²) in [4.78, 5) is 23.1. The van der Waals surface area contributed by atoms with E-state index in [-0.39, 0.29) is 19.1 Å². The summed E-state index contributed by atoms with van der Waals surface area (Å²) >= 11 is 5.93. The van der Waals surface area contributed by atoms with Gasteiger partial charge in [0.2, 0.25) is 0 Å². The van der Waals surface area contributed by atoms with Crippen molar-refractivity contribution in [2.24, 2.45) is 5.41 Å². The molecule has 1 aromatic carbocycles. The predicted molar refractivity (Wildman–Crippen MR) is 84.0 cm³/mol. The van der Waals surface area contributed by atoms with Crippen molar-refractivity contribution < 1.29 is 19.4 Å². The second-order valence-corrected chi connectivity index (χ2v) is 6.27. The summed E-state index contributed by atoms with van der Waals surface area (Å²) in [5.41, 5.74) is 0.378. The van der Waals surface area contributed by atoms with E-state index in [1.165, 1.54) is 0 Å². The Hall–Kier alpha value is -2.01. The van der Waals surface area contributed by atoms with Crippen molar-refractivity contribution in [2.75, 3.05) is 13.2 Å². The Bertz CT molecular complexity index is 637. The van der Waals surface area contributed by atoms with E-state index in [1.54, 1.807) is 38.1 Å². The number of hydrogen-bond donors (Lipinski definition) is 2. The third kappa shape index (κ3) is 3.80. The zero-order valence-electron chi connectivity index (χ0n) is 12.5. The molecule has 2 N–H and O–H groups in total. The molecular formula is C16H18ClNO4. The van der Waals surface area contributed by atoms with Crippen LogP contribution >= 0.6 is 11.6 Å². The first kappa shape index (κ1) is 16.4. The fourth-order valence-corrected chi connectivity index (χ4v) is 2.17. The molecule has 1 amide bonds. The lowest BCUT2D eigenvalue weighted by Gasteiger charge is -2.20. The molecule has 0 bridgehead atoms. The maximum Gasteiger partial charge on any atom is 0.309 e. The van der Waals surface area contributed by atoms with Crippen molar-refractivity contribution in [1.82, 2.24) is 5.32 Å². The highest BCUT2D eigenvalue weighted by atomic mass is 35.5. The molecular weight excluding hydrogens is 306 g/mol. The molecule has 1 heterocycles. The molecule has 1 aromatic rings. The van der Waals surface area contributed by atoms with E-state index in [0.717, 1.165) is 5.56 Å². The Morgan fingerprint density at radius 1 is 1.41 bits per heavy atom. The third-order valence-electron chi connectivity index (χ3n) is 3.59. The van der Waals surface area contributed by atoms with Crippen LogP contribution in [-0.4, -0.2) is 30.1 Å². The first-order chi connectivity index (χ1) is 10.3. The molecule has 0 saturated carbocycles. The second kappa shape index (κ2) is 6.40. The Labute approximate surface area is 133 Å². The van der Waals surface area contributed by atoms with E-state index in [1.807, 2.05) is 0 Å². The van der Waals surface area contributed by atoms with Gasteiger partial charge in [-0.25, -0.2) is 0 Å². The maximum absolute atomic E-state index is 12.1. The largest absolute Gasteiger partial charge is 0.488 e. The summed E-state index contributed by atoms with van der Waals surface area (Å²) in [5, 5.41) is 12.3. The van der Waals surface area contributed by atoms with E-state index in [0.29, 0.717) is 22.8 Å². The molecule has 0 unspecified atom stereocenters. The van der Waals surface area contributed by atoms with E-state index in [4.69, 9.17) is 21.4 Å². The van der Waals surface area contributed by atoms with Gasteiger partial charge in [0.25, 0.3) is 5.91 Å². The van der Waals surface area contributed by atoms with Crippen molar-refractivity contribution >= 4 is 29.6 Å². The van der Waals surface area contributed by atoms with Crippen LogP contribution in [0.2, 0.25) is 5.02 Å². The predicted octanol–water partition coefficient (Wildman–Crippen LogP) is 2.73. The van der Waals surface area contributed by atoms with Crippen molar-refractivity contribution in [2.45, 2.75) is 20.3 Å². The summed E-state index contributed by atoms with van der Waals surface area (Å²) in [6.45, 7) is 3.73. The van der Waals surface area contributed by atoms with Gasteiger partial charge in [-0.15, -0.1) is 0 Å². The lowest BCUT2D eigenvalue weighted by atomic mass is 9.89. The number of halogens is 1. The second-order valence-electron chi connectivity index (χ2n) is 5.84. The van der Waals surface area contributed by atoms with Crippen LogP contribution in [-0.2, 0) is 9.59 Å². The van der Waals surface area contributed by atoms with Gasteiger partial charge in [0.1, 0.15) is 12.4 Å². The zero-order chi connectivity index (χ0) is 16.3. The average Bonchev–Trinajstić information content (AvgIpc) is 2.45. The van der Waals surface area contributed by atoms with Crippen LogP contribution < -0.4 is 10.1 Å². The number of ether oxygens (including phenoxy) is 1. The number of aliphatic carboxylic acids is 1. The van der Waals surface area contributed by atoms with Crippen LogP contribution in [0.4, 0.5) is 0 Å². The molecule has 0 aromatic heterocycles. The monoisotopic (exact) mass is 323 g/mol. The van der Waals surface area contributed by atoms with Gasteiger partial charge in [0.15, 0.2) is 0 Å². The minimum atomic E-state index is -0.884. The van der Waals surface area contributed by atoms with Crippen LogP contribution in [0.1, 0.15) is 25.8 Å². The number of carbonyl (C=O) groups is 2. The van der Waals surface area contributed by atoms with Gasteiger partial charge in [-0.1, -0.05) is 11.6 Å². The third-order valence-corrected chi connectivity index (χ3v) is 3.83. The van der Waals surface area contributed by atoms with E-state index < -0.39 is 11.4 Å². The minimum absolute atomic E-state index is 0.183. The normalized spacial score (nSPS) is 13.7. The van der Waals surface area contributed by atoms with Gasteiger partial charge in [0, 0.05) is 17.1 Å². The highest BCUT2D eigenvalue weighted by molar-refractivity contribution is 6.30. The fourth-order valence-electron chi connectivity index (χ4n) is 1.99. The number of nitrogens with one attached hydrogen (secondary N) is 1. The first-order valence-electron chi connectivity index (χ1n) is 6.94. The van der Waals surface area contributed by atoms with Gasteiger partial charge >= 0.3 is 5.97 Å². The van der Waals surface area contributed by atoms with Crippen LogP contribution in [0.15, 0.2) is 23.8 Å². The van der Waals surface area contributed by atoms with Crippen LogP contribution in [0.3, 0.4) is 0 Å². The number of rotatable bonds is 5. The highest BCUT2D eigenvalue weighted by Crippen LogP contribution is 2.29. The summed E-state index contributed by atoms with van der Waals surface area (Å²) < 4.78 is 5.52. The highest BCUT2D eigenvalue weighted by Gasteiger charge is 2.27. The van der Waals surface area contributed by atoms with Crippen molar-refractivity contribution in [3.63, 3.8) is 0 Å². The average molecular weight is 324 g/mol. The van der Waals surface area contributed by atoms with Crippen LogP contribution in [0, 0.1) is 5.41 Å². The Balaban J connectivity index is 1.98. The fraction of sp³-hybridized carbons (Fsp3) is 0.375. The summed E-state index contributed by atoms with van der Waals surface area (Å²) in [6.07, 6.45) is 2.09. The van der Waals surface area contributed by atoms with E-state index in [9.17, 15) is 9.59 Å². The van der Waals surface area contributed by atoms with Crippen LogP contribution in [0.5, 0.6) is 5.75 Å². The molecule has 0 fully saturated rings. The Kier molecular flexibility index (Phi) is 4.76. The molecule has 1 aliphatic heterocycles. The summed E-state index contributed by atoms with van der Waals surface area (Å²) in [7, 11) is 0. The summed E-state index contributed by atoms with van der Waals surface area (Å²) in [6, 6.07) is 5.22. The lowest BCUT2D eigenvalue weighted by Crippen LogP contribution is -2.34. The van der Waals surface area contributed by atoms with E-state index >= 15 is 0 Å². The number of carboxylic acid groups (broad SMARTS) is 1. The van der Waals surface area contributed by atoms with Gasteiger partial charge in [-0.2, -0.15) is 0 Å². The van der Waals surface area contributed by atoms with Gasteiger partial charge in [0.05, 0.1) is 11.0 Å². The SMILES string of the molecule is CC(C)(CCNC(=O)C1=Cc2cc(Cl)ccc2OC1)C(=O)O. The first-order valence-corrected chi connectivity index (χ1v) is 7.32. The molecule has 2 rings (SSSR count). The number of benzene rings is 1. The van der Waals surface area contributed by atoms with E-state index in [2.05, 4.69) is 5.32 Å². The Morgan fingerprint density at radius 2 is 2.14 bits per heavy atom. The molecule has 22 heavy (non-hydrogen) atoms. The quantitative estimate of drug-likeness (QED) is 0.873. The smallest absolute Gasteiger partial charge is 0.309 e. The van der Waals surface area contributed by atoms with Gasteiger partial charge in [-0.05, 0) is 44.5 Å². The van der Waals surface area contributed by atoms with Crippen molar-refractivity contribution in [3.05, 3.63) is 34.4 Å². The molecule has 0 aliphatic carbocycles. The Morgan fingerprint density at radius 3 is 2.82 bits per heavy atom. The molecule has 0 radical (unpaired) electrons. The summed E-state index contributed by atoms with van der Waals surface area (Å²) in [5.74, 6) is -0.453. The number of hydrogen-bond acceptors (Lipinski definition) is 3. The maximum atomic E-state index is 12.1. The molecule has 0 atom stereocenters.